The normalized spacial score (nSPS) is 17.3. The van der Waals surface area contributed by atoms with Gasteiger partial charge in [0.25, 0.3) is 10.0 Å². The van der Waals surface area contributed by atoms with Gasteiger partial charge in [0, 0.05) is 18.8 Å². The van der Waals surface area contributed by atoms with Crippen LogP contribution >= 0.6 is 0 Å². The van der Waals surface area contributed by atoms with Gasteiger partial charge in [0.1, 0.15) is 0 Å². The fourth-order valence-corrected chi connectivity index (χ4v) is 3.84. The Morgan fingerprint density at radius 2 is 2.05 bits per heavy atom. The molecule has 1 saturated carbocycles. The van der Waals surface area contributed by atoms with Crippen LogP contribution in [0.1, 0.15) is 39.0 Å². The van der Waals surface area contributed by atoms with Gasteiger partial charge in [-0.05, 0) is 31.9 Å². The maximum atomic E-state index is 12.4. The zero-order valence-electron chi connectivity index (χ0n) is 11.2. The van der Waals surface area contributed by atoms with Crippen LogP contribution in [0.25, 0.3) is 0 Å². The summed E-state index contributed by atoms with van der Waals surface area (Å²) in [6, 6.07) is 3.53. The topological polar surface area (TPSA) is 71.1 Å². The van der Waals surface area contributed by atoms with E-state index >= 15 is 0 Å². The molecule has 0 saturated heterocycles. The van der Waals surface area contributed by atoms with Crippen molar-refractivity contribution in [3.05, 3.63) is 18.3 Å². The SMILES string of the molecule is CCNc1cccnc1S(=O)(=O)NC1CCCCC1. The Labute approximate surface area is 114 Å². The highest BCUT2D eigenvalue weighted by Crippen LogP contribution is 2.22. The van der Waals surface area contributed by atoms with Crippen molar-refractivity contribution in [2.24, 2.45) is 0 Å². The highest BCUT2D eigenvalue weighted by Gasteiger charge is 2.24. The number of hydrogen-bond acceptors (Lipinski definition) is 4. The summed E-state index contributed by atoms with van der Waals surface area (Å²) < 4.78 is 27.5. The van der Waals surface area contributed by atoms with E-state index < -0.39 is 10.0 Å². The summed E-state index contributed by atoms with van der Waals surface area (Å²) in [6.45, 7) is 2.59. The molecule has 0 radical (unpaired) electrons. The molecule has 0 aliphatic heterocycles. The van der Waals surface area contributed by atoms with E-state index in [-0.39, 0.29) is 11.1 Å². The number of sulfonamides is 1. The van der Waals surface area contributed by atoms with Crippen molar-refractivity contribution in [2.45, 2.75) is 50.1 Å². The van der Waals surface area contributed by atoms with E-state index in [1.165, 1.54) is 12.6 Å². The van der Waals surface area contributed by atoms with Crippen LogP contribution < -0.4 is 10.0 Å². The molecule has 19 heavy (non-hydrogen) atoms. The predicted octanol–water partition coefficient (Wildman–Crippen LogP) is 2.12. The summed E-state index contributed by atoms with van der Waals surface area (Å²) in [5.74, 6) is 0. The molecule has 5 nitrogen and oxygen atoms in total. The molecule has 6 heteroatoms. The summed E-state index contributed by atoms with van der Waals surface area (Å²) in [5, 5.41) is 3.14. The summed E-state index contributed by atoms with van der Waals surface area (Å²) >= 11 is 0. The number of hydrogen-bond donors (Lipinski definition) is 2. The molecule has 2 rings (SSSR count). The average Bonchev–Trinajstić information content (AvgIpc) is 2.40. The van der Waals surface area contributed by atoms with Gasteiger partial charge in [-0.2, -0.15) is 0 Å². The van der Waals surface area contributed by atoms with Crippen LogP contribution in [0.5, 0.6) is 0 Å². The van der Waals surface area contributed by atoms with E-state index in [1.807, 2.05) is 6.92 Å². The van der Waals surface area contributed by atoms with Crippen LogP contribution in [0.3, 0.4) is 0 Å². The maximum Gasteiger partial charge on any atom is 0.260 e. The van der Waals surface area contributed by atoms with Gasteiger partial charge >= 0.3 is 0 Å². The lowest BCUT2D eigenvalue weighted by atomic mass is 9.96. The average molecular weight is 283 g/mol. The van der Waals surface area contributed by atoms with Crippen LogP contribution in [0.15, 0.2) is 23.4 Å². The lowest BCUT2D eigenvalue weighted by Crippen LogP contribution is -2.36. The van der Waals surface area contributed by atoms with Gasteiger partial charge in [-0.15, -0.1) is 0 Å². The van der Waals surface area contributed by atoms with Crippen molar-refractivity contribution in [2.75, 3.05) is 11.9 Å². The van der Waals surface area contributed by atoms with Gasteiger partial charge in [0.2, 0.25) is 0 Å². The minimum Gasteiger partial charge on any atom is -0.383 e. The molecular weight excluding hydrogens is 262 g/mol. The zero-order valence-corrected chi connectivity index (χ0v) is 12.0. The van der Waals surface area contributed by atoms with E-state index in [0.29, 0.717) is 12.2 Å². The standard InChI is InChI=1S/C13H21N3O2S/c1-2-14-12-9-6-10-15-13(12)19(17,18)16-11-7-4-3-5-8-11/h6,9-11,14,16H,2-5,7-8H2,1H3. The number of pyridine rings is 1. The first-order chi connectivity index (χ1) is 9.13. The van der Waals surface area contributed by atoms with Crippen molar-refractivity contribution < 1.29 is 8.42 Å². The molecule has 1 aliphatic carbocycles. The third-order valence-electron chi connectivity index (χ3n) is 3.32. The molecule has 0 unspecified atom stereocenters. The van der Waals surface area contributed by atoms with E-state index in [1.54, 1.807) is 12.1 Å². The molecule has 1 aromatic heterocycles. The lowest BCUT2D eigenvalue weighted by molar-refractivity contribution is 0.411. The van der Waals surface area contributed by atoms with Gasteiger partial charge in [-0.25, -0.2) is 18.1 Å². The third kappa shape index (κ3) is 3.67. The van der Waals surface area contributed by atoms with Gasteiger partial charge in [-0.3, -0.25) is 0 Å². The molecule has 1 aliphatic rings. The molecule has 106 valence electrons. The minimum atomic E-state index is -3.54. The molecule has 0 bridgehead atoms. The monoisotopic (exact) mass is 283 g/mol. The first-order valence-electron chi connectivity index (χ1n) is 6.84. The molecule has 0 atom stereocenters. The van der Waals surface area contributed by atoms with Gasteiger partial charge < -0.3 is 5.32 Å². The van der Waals surface area contributed by atoms with Crippen LogP contribution in [-0.2, 0) is 10.0 Å². The minimum absolute atomic E-state index is 0.0511. The highest BCUT2D eigenvalue weighted by atomic mass is 32.2. The molecule has 0 aromatic carbocycles. The van der Waals surface area contributed by atoms with Crippen LogP contribution in [-0.4, -0.2) is 26.0 Å². The number of nitrogens with zero attached hydrogens (tertiary/aromatic N) is 1. The Bertz CT molecular complexity index is 510. The predicted molar refractivity (Wildman–Crippen MR) is 75.6 cm³/mol. The number of aromatic nitrogens is 1. The zero-order chi connectivity index (χ0) is 13.7. The number of rotatable bonds is 5. The Hall–Kier alpha value is -1.14. The fraction of sp³-hybridized carbons (Fsp3) is 0.615. The largest absolute Gasteiger partial charge is 0.383 e. The summed E-state index contributed by atoms with van der Waals surface area (Å²) in [6.07, 6.45) is 6.73. The third-order valence-corrected chi connectivity index (χ3v) is 4.80. The van der Waals surface area contributed by atoms with Crippen molar-refractivity contribution in [3.63, 3.8) is 0 Å². The van der Waals surface area contributed by atoms with E-state index in [0.717, 1.165) is 25.7 Å². The quantitative estimate of drug-likeness (QED) is 0.868. The maximum absolute atomic E-state index is 12.4. The van der Waals surface area contributed by atoms with Crippen LogP contribution in [0.4, 0.5) is 5.69 Å². The smallest absolute Gasteiger partial charge is 0.260 e. The Kier molecular flexibility index (Phi) is 4.76. The molecular formula is C13H21N3O2S. The second kappa shape index (κ2) is 6.34. The van der Waals surface area contributed by atoms with Crippen molar-refractivity contribution in [1.82, 2.24) is 9.71 Å². The lowest BCUT2D eigenvalue weighted by Gasteiger charge is -2.22. The molecule has 0 amide bonds. The Morgan fingerprint density at radius 3 is 2.74 bits per heavy atom. The number of nitrogens with one attached hydrogen (secondary N) is 2. The van der Waals surface area contributed by atoms with Gasteiger partial charge in [0.05, 0.1) is 5.69 Å². The molecule has 1 aromatic rings. The van der Waals surface area contributed by atoms with Crippen LogP contribution in [0.2, 0.25) is 0 Å². The highest BCUT2D eigenvalue weighted by molar-refractivity contribution is 7.89. The summed E-state index contributed by atoms with van der Waals surface area (Å²) in [4.78, 5) is 4.02. The van der Waals surface area contributed by atoms with Gasteiger partial charge in [-0.1, -0.05) is 19.3 Å². The van der Waals surface area contributed by atoms with Crippen molar-refractivity contribution in [1.29, 1.82) is 0 Å². The summed E-state index contributed by atoms with van der Waals surface area (Å²) in [5.41, 5.74) is 0.563. The first kappa shape index (κ1) is 14.3. The molecule has 2 N–H and O–H groups in total. The molecule has 1 fully saturated rings. The van der Waals surface area contributed by atoms with Crippen LogP contribution in [0, 0.1) is 0 Å². The summed E-state index contributed by atoms with van der Waals surface area (Å²) in [7, 11) is -3.54. The van der Waals surface area contributed by atoms with E-state index in [2.05, 4.69) is 15.0 Å². The first-order valence-corrected chi connectivity index (χ1v) is 8.33. The van der Waals surface area contributed by atoms with Crippen molar-refractivity contribution in [3.8, 4) is 0 Å². The molecule has 0 spiro atoms. The Morgan fingerprint density at radius 1 is 1.32 bits per heavy atom. The van der Waals surface area contributed by atoms with E-state index in [9.17, 15) is 8.42 Å². The van der Waals surface area contributed by atoms with Crippen molar-refractivity contribution >= 4 is 15.7 Å². The fourth-order valence-electron chi connectivity index (χ4n) is 2.43. The van der Waals surface area contributed by atoms with Gasteiger partial charge in [0.15, 0.2) is 5.03 Å². The number of anilines is 1. The second-order valence-electron chi connectivity index (χ2n) is 4.84. The van der Waals surface area contributed by atoms with E-state index in [4.69, 9.17) is 0 Å². The second-order valence-corrected chi connectivity index (χ2v) is 6.47. The molecule has 1 heterocycles. The Balaban J connectivity index is 2.18.